The Balaban J connectivity index is 1.91. The van der Waals surface area contributed by atoms with Crippen LogP contribution in [0.2, 0.25) is 0 Å². The molecule has 21 heavy (non-hydrogen) atoms. The summed E-state index contributed by atoms with van der Waals surface area (Å²) in [6, 6.07) is 6.56. The number of hydrogen-bond donors (Lipinski definition) is 3. The highest BCUT2D eigenvalue weighted by Gasteiger charge is 2.26. The van der Waals surface area contributed by atoms with E-state index in [1.54, 1.807) is 6.92 Å². The van der Waals surface area contributed by atoms with Crippen LogP contribution in [0.1, 0.15) is 6.92 Å². The fraction of sp³-hybridized carbons (Fsp3) is 0.429. The summed E-state index contributed by atoms with van der Waals surface area (Å²) in [7, 11) is 0. The Morgan fingerprint density at radius 3 is 2.48 bits per heavy atom. The standard InChI is InChI=1S/C14H21N5O2/c1-10(13(20)17-14(16)21)18-5-7-19(8-6-18)12-4-2-3-11(15)9-12/h2-4,9-10H,5-8,15H2,1H3,(H3,16,17,20,21). The number of urea groups is 1. The molecule has 1 saturated heterocycles. The van der Waals surface area contributed by atoms with Crippen molar-refractivity contribution in [2.24, 2.45) is 5.73 Å². The lowest BCUT2D eigenvalue weighted by atomic mass is 10.2. The summed E-state index contributed by atoms with van der Waals surface area (Å²) in [5, 5.41) is 2.12. The molecule has 0 saturated carbocycles. The van der Waals surface area contributed by atoms with Crippen LogP contribution in [-0.4, -0.2) is 49.1 Å². The van der Waals surface area contributed by atoms with Crippen LogP contribution in [0, 0.1) is 0 Å². The summed E-state index contributed by atoms with van der Waals surface area (Å²) in [5.74, 6) is -0.361. The molecule has 2 rings (SSSR count). The zero-order chi connectivity index (χ0) is 15.4. The van der Waals surface area contributed by atoms with Gasteiger partial charge in [-0.1, -0.05) is 6.07 Å². The fourth-order valence-corrected chi connectivity index (χ4v) is 2.48. The number of nitrogens with zero attached hydrogens (tertiary/aromatic N) is 2. The Labute approximate surface area is 123 Å². The monoisotopic (exact) mass is 291 g/mol. The molecule has 1 heterocycles. The Morgan fingerprint density at radius 2 is 1.90 bits per heavy atom. The number of anilines is 2. The molecule has 1 aliphatic rings. The van der Waals surface area contributed by atoms with Crippen LogP contribution in [0.15, 0.2) is 24.3 Å². The number of rotatable bonds is 3. The minimum Gasteiger partial charge on any atom is -0.399 e. The van der Waals surface area contributed by atoms with Crippen molar-refractivity contribution >= 4 is 23.3 Å². The number of imide groups is 1. The molecular weight excluding hydrogens is 270 g/mol. The van der Waals surface area contributed by atoms with Crippen molar-refractivity contribution in [1.29, 1.82) is 0 Å². The van der Waals surface area contributed by atoms with Gasteiger partial charge in [-0.15, -0.1) is 0 Å². The zero-order valence-corrected chi connectivity index (χ0v) is 12.1. The number of carbonyl (C=O) groups is 2. The number of carbonyl (C=O) groups excluding carboxylic acids is 2. The third kappa shape index (κ3) is 3.85. The molecule has 7 heteroatoms. The predicted molar refractivity (Wildman–Crippen MR) is 81.8 cm³/mol. The van der Waals surface area contributed by atoms with Gasteiger partial charge in [0.05, 0.1) is 6.04 Å². The van der Waals surface area contributed by atoms with Crippen LogP contribution in [0.3, 0.4) is 0 Å². The quantitative estimate of drug-likeness (QED) is 0.679. The average molecular weight is 291 g/mol. The number of primary amides is 1. The smallest absolute Gasteiger partial charge is 0.318 e. The van der Waals surface area contributed by atoms with Crippen molar-refractivity contribution in [3.8, 4) is 0 Å². The largest absolute Gasteiger partial charge is 0.399 e. The highest BCUT2D eigenvalue weighted by Crippen LogP contribution is 2.19. The van der Waals surface area contributed by atoms with Crippen LogP contribution >= 0.6 is 0 Å². The van der Waals surface area contributed by atoms with Crippen LogP contribution in [0.25, 0.3) is 0 Å². The fourth-order valence-electron chi connectivity index (χ4n) is 2.48. The van der Waals surface area contributed by atoms with E-state index in [-0.39, 0.29) is 11.9 Å². The molecule has 1 atom stereocenters. The van der Waals surface area contributed by atoms with Crippen LogP contribution < -0.4 is 21.7 Å². The van der Waals surface area contributed by atoms with E-state index in [4.69, 9.17) is 11.5 Å². The van der Waals surface area contributed by atoms with Crippen molar-refractivity contribution in [3.63, 3.8) is 0 Å². The summed E-state index contributed by atoms with van der Waals surface area (Å²) in [6.07, 6.45) is 0. The molecule has 0 aromatic heterocycles. The number of benzene rings is 1. The lowest BCUT2D eigenvalue weighted by Gasteiger charge is -2.38. The number of amides is 3. The zero-order valence-electron chi connectivity index (χ0n) is 12.1. The van der Waals surface area contributed by atoms with Gasteiger partial charge in [0.2, 0.25) is 5.91 Å². The van der Waals surface area contributed by atoms with Gasteiger partial charge >= 0.3 is 6.03 Å². The molecule has 1 unspecified atom stereocenters. The van der Waals surface area contributed by atoms with Gasteiger partial charge in [-0.25, -0.2) is 4.79 Å². The first kappa shape index (κ1) is 15.1. The molecule has 3 amide bonds. The van der Waals surface area contributed by atoms with Crippen molar-refractivity contribution in [1.82, 2.24) is 10.2 Å². The minimum absolute atomic E-state index is 0.361. The van der Waals surface area contributed by atoms with Gasteiger partial charge in [0.15, 0.2) is 0 Å². The average Bonchev–Trinajstić information content (AvgIpc) is 2.46. The van der Waals surface area contributed by atoms with E-state index in [2.05, 4.69) is 10.2 Å². The predicted octanol–water partition coefficient (Wildman–Crippen LogP) is -0.0258. The molecule has 0 aliphatic carbocycles. The molecule has 114 valence electrons. The van der Waals surface area contributed by atoms with Gasteiger partial charge in [0, 0.05) is 37.6 Å². The molecule has 1 aromatic carbocycles. The van der Waals surface area contributed by atoms with Crippen LogP contribution in [0.4, 0.5) is 16.2 Å². The molecule has 1 fully saturated rings. The lowest BCUT2D eigenvalue weighted by molar-refractivity contribution is -0.124. The molecule has 0 radical (unpaired) electrons. The number of piperazine rings is 1. The van der Waals surface area contributed by atoms with Gasteiger partial charge in [-0.3, -0.25) is 15.0 Å². The van der Waals surface area contributed by atoms with Crippen LogP contribution in [0.5, 0.6) is 0 Å². The van der Waals surface area contributed by atoms with E-state index < -0.39 is 6.03 Å². The molecule has 5 N–H and O–H groups in total. The maximum absolute atomic E-state index is 11.8. The van der Waals surface area contributed by atoms with Crippen molar-refractivity contribution in [2.45, 2.75) is 13.0 Å². The van der Waals surface area contributed by atoms with Gasteiger partial charge in [0.25, 0.3) is 0 Å². The molecule has 1 aliphatic heterocycles. The van der Waals surface area contributed by atoms with E-state index >= 15 is 0 Å². The summed E-state index contributed by atoms with van der Waals surface area (Å²) in [4.78, 5) is 26.7. The highest BCUT2D eigenvalue weighted by atomic mass is 16.2. The Morgan fingerprint density at radius 1 is 1.24 bits per heavy atom. The minimum atomic E-state index is -0.815. The Kier molecular flexibility index (Phi) is 4.64. The molecule has 7 nitrogen and oxygen atoms in total. The molecule has 0 bridgehead atoms. The van der Waals surface area contributed by atoms with Crippen molar-refractivity contribution < 1.29 is 9.59 Å². The number of nitrogens with one attached hydrogen (secondary N) is 1. The van der Waals surface area contributed by atoms with E-state index in [0.29, 0.717) is 0 Å². The number of hydrogen-bond acceptors (Lipinski definition) is 5. The Hall–Kier alpha value is -2.28. The number of nitrogen functional groups attached to an aromatic ring is 1. The van der Waals surface area contributed by atoms with Gasteiger partial charge in [-0.05, 0) is 25.1 Å². The second-order valence-corrected chi connectivity index (χ2v) is 5.15. The van der Waals surface area contributed by atoms with Gasteiger partial charge in [0.1, 0.15) is 0 Å². The van der Waals surface area contributed by atoms with Gasteiger partial charge < -0.3 is 16.4 Å². The van der Waals surface area contributed by atoms with E-state index in [0.717, 1.165) is 37.6 Å². The van der Waals surface area contributed by atoms with Crippen LogP contribution in [-0.2, 0) is 4.79 Å². The topological polar surface area (TPSA) is 105 Å². The Bertz CT molecular complexity index is 526. The van der Waals surface area contributed by atoms with Crippen molar-refractivity contribution in [3.05, 3.63) is 24.3 Å². The van der Waals surface area contributed by atoms with E-state index in [1.807, 2.05) is 29.2 Å². The second-order valence-electron chi connectivity index (χ2n) is 5.15. The lowest BCUT2D eigenvalue weighted by Crippen LogP contribution is -2.55. The first-order valence-corrected chi connectivity index (χ1v) is 6.92. The molecule has 1 aromatic rings. The summed E-state index contributed by atoms with van der Waals surface area (Å²) in [5.41, 5.74) is 12.6. The normalized spacial score (nSPS) is 17.3. The molecule has 0 spiro atoms. The SMILES string of the molecule is CC(C(=O)NC(N)=O)N1CCN(c2cccc(N)c2)CC1. The van der Waals surface area contributed by atoms with Gasteiger partial charge in [-0.2, -0.15) is 0 Å². The highest BCUT2D eigenvalue weighted by molar-refractivity contribution is 5.96. The van der Waals surface area contributed by atoms with Crippen molar-refractivity contribution in [2.75, 3.05) is 36.8 Å². The number of nitrogens with two attached hydrogens (primary N) is 2. The maximum atomic E-state index is 11.8. The summed E-state index contributed by atoms with van der Waals surface area (Å²) < 4.78 is 0. The molecular formula is C14H21N5O2. The third-order valence-corrected chi connectivity index (χ3v) is 3.72. The first-order valence-electron chi connectivity index (χ1n) is 6.92. The third-order valence-electron chi connectivity index (χ3n) is 3.72. The second kappa shape index (κ2) is 6.45. The van der Waals surface area contributed by atoms with E-state index in [9.17, 15) is 9.59 Å². The summed E-state index contributed by atoms with van der Waals surface area (Å²) >= 11 is 0. The first-order chi connectivity index (χ1) is 9.97. The van der Waals surface area contributed by atoms with E-state index in [1.165, 1.54) is 0 Å². The summed E-state index contributed by atoms with van der Waals surface area (Å²) in [6.45, 7) is 4.86. The maximum Gasteiger partial charge on any atom is 0.318 e.